The molecular formula is C18H24N2O9S. The van der Waals surface area contributed by atoms with Crippen molar-refractivity contribution in [3.05, 3.63) is 12.2 Å². The van der Waals surface area contributed by atoms with E-state index in [1.807, 2.05) is 0 Å². The fraction of sp³-hybridized carbons (Fsp3) is 0.556. The van der Waals surface area contributed by atoms with Gasteiger partial charge >= 0.3 is 17.9 Å². The molecular weight excluding hydrogens is 420 g/mol. The number of amides is 2. The van der Waals surface area contributed by atoms with Crippen molar-refractivity contribution in [3.8, 4) is 0 Å². The number of carboxylic acids is 1. The largest absolute Gasteiger partial charge is 0.478 e. The zero-order chi connectivity index (χ0) is 22.7. The fourth-order valence-corrected chi connectivity index (χ4v) is 2.92. The Kier molecular flexibility index (Phi) is 10.0. The SMILES string of the molecule is CC(C)(COC(=O)/C=C/C(=O)O)[C@H]1OC(=O)CC(=O)SCCNC(=O)CCNC1=O. The van der Waals surface area contributed by atoms with Crippen molar-refractivity contribution < 1.29 is 43.3 Å². The van der Waals surface area contributed by atoms with Crippen LogP contribution in [0.4, 0.5) is 0 Å². The standard InChI is InChI=1S/C18H24N2O9S/c1-18(2,10-28-13(24)4-3-12(22)23)16-17(27)20-6-5-11(21)19-7-8-30-15(26)9-14(25)29-16/h3-4,16H,5-10H2,1-2H3,(H,19,21)(H,20,27)(H,22,23)/b4-3+/t16-/m0/s1. The Morgan fingerprint density at radius 1 is 1.20 bits per heavy atom. The van der Waals surface area contributed by atoms with Gasteiger partial charge in [0.25, 0.3) is 5.91 Å². The Hall–Kier alpha value is -2.89. The van der Waals surface area contributed by atoms with E-state index in [9.17, 15) is 28.8 Å². The summed E-state index contributed by atoms with van der Waals surface area (Å²) in [4.78, 5) is 70.3. The first-order valence-corrected chi connectivity index (χ1v) is 9.97. The molecule has 1 rings (SSSR count). The Morgan fingerprint density at radius 2 is 1.90 bits per heavy atom. The van der Waals surface area contributed by atoms with Gasteiger partial charge in [-0.3, -0.25) is 19.2 Å². The Balaban J connectivity index is 2.91. The van der Waals surface area contributed by atoms with Gasteiger partial charge in [-0.15, -0.1) is 0 Å². The highest BCUT2D eigenvalue weighted by Crippen LogP contribution is 2.25. The molecule has 12 heteroatoms. The molecule has 0 saturated carbocycles. The molecule has 1 aliphatic rings. The highest BCUT2D eigenvalue weighted by molar-refractivity contribution is 8.13. The van der Waals surface area contributed by atoms with Gasteiger partial charge < -0.3 is 25.2 Å². The molecule has 0 unspecified atom stereocenters. The van der Waals surface area contributed by atoms with Gasteiger partial charge in [0, 0.05) is 42.8 Å². The van der Waals surface area contributed by atoms with Crippen molar-refractivity contribution in [3.63, 3.8) is 0 Å². The van der Waals surface area contributed by atoms with E-state index >= 15 is 0 Å². The number of hydrogen-bond donors (Lipinski definition) is 3. The number of cyclic esters (lactones) is 1. The van der Waals surface area contributed by atoms with E-state index in [0.717, 1.165) is 11.8 Å². The molecule has 30 heavy (non-hydrogen) atoms. The molecule has 166 valence electrons. The van der Waals surface area contributed by atoms with Gasteiger partial charge in [0.05, 0.1) is 0 Å². The van der Waals surface area contributed by atoms with E-state index < -0.39 is 46.9 Å². The van der Waals surface area contributed by atoms with Crippen LogP contribution in [-0.4, -0.2) is 71.5 Å². The summed E-state index contributed by atoms with van der Waals surface area (Å²) >= 11 is 0.860. The number of nitrogens with one attached hydrogen (secondary N) is 2. The van der Waals surface area contributed by atoms with Crippen LogP contribution in [-0.2, 0) is 38.2 Å². The maximum Gasteiger partial charge on any atom is 0.331 e. The van der Waals surface area contributed by atoms with E-state index in [-0.39, 0.29) is 32.0 Å². The van der Waals surface area contributed by atoms with E-state index in [1.54, 1.807) is 0 Å². The molecule has 1 fully saturated rings. The molecule has 0 spiro atoms. The first-order valence-electron chi connectivity index (χ1n) is 8.98. The van der Waals surface area contributed by atoms with Crippen LogP contribution in [0.5, 0.6) is 0 Å². The number of esters is 2. The first kappa shape index (κ1) is 25.1. The lowest BCUT2D eigenvalue weighted by atomic mass is 9.86. The predicted octanol–water partition coefficient (Wildman–Crippen LogP) is -0.606. The van der Waals surface area contributed by atoms with Gasteiger partial charge in [-0.1, -0.05) is 25.6 Å². The summed E-state index contributed by atoms with van der Waals surface area (Å²) in [5.41, 5.74) is -1.22. The second kappa shape index (κ2) is 12.0. The minimum absolute atomic E-state index is 0.0119. The molecule has 0 bridgehead atoms. The predicted molar refractivity (Wildman–Crippen MR) is 104 cm³/mol. The van der Waals surface area contributed by atoms with Gasteiger partial charge in [-0.05, 0) is 0 Å². The van der Waals surface area contributed by atoms with E-state index in [1.165, 1.54) is 13.8 Å². The van der Waals surface area contributed by atoms with Gasteiger partial charge in [-0.2, -0.15) is 0 Å². The third-order valence-corrected chi connectivity index (χ3v) is 4.65. The van der Waals surface area contributed by atoms with E-state index in [0.29, 0.717) is 17.9 Å². The van der Waals surface area contributed by atoms with Crippen LogP contribution < -0.4 is 10.6 Å². The van der Waals surface area contributed by atoms with Gasteiger partial charge in [0.2, 0.25) is 5.91 Å². The molecule has 11 nitrogen and oxygen atoms in total. The van der Waals surface area contributed by atoms with Gasteiger partial charge in [0.1, 0.15) is 13.0 Å². The fourth-order valence-electron chi connectivity index (χ4n) is 2.27. The zero-order valence-electron chi connectivity index (χ0n) is 16.6. The van der Waals surface area contributed by atoms with E-state index in [4.69, 9.17) is 14.6 Å². The number of aliphatic carboxylic acids is 1. The number of rotatable bonds is 5. The van der Waals surface area contributed by atoms with Crippen LogP contribution in [0.1, 0.15) is 26.7 Å². The Morgan fingerprint density at radius 3 is 2.57 bits per heavy atom. The summed E-state index contributed by atoms with van der Waals surface area (Å²) in [5, 5.41) is 13.1. The number of ether oxygens (including phenoxy) is 2. The summed E-state index contributed by atoms with van der Waals surface area (Å²) in [7, 11) is 0. The molecule has 1 saturated heterocycles. The first-order chi connectivity index (χ1) is 14.0. The van der Waals surface area contributed by atoms with Crippen molar-refractivity contribution in [1.82, 2.24) is 10.6 Å². The summed E-state index contributed by atoms with van der Waals surface area (Å²) in [6, 6.07) is 0. The topological polar surface area (TPSA) is 165 Å². The van der Waals surface area contributed by atoms with E-state index in [2.05, 4.69) is 10.6 Å². The number of hydrogen-bond acceptors (Lipinski definition) is 9. The second-order valence-corrected chi connectivity index (χ2v) is 8.08. The normalized spacial score (nSPS) is 20.0. The lowest BCUT2D eigenvalue weighted by Crippen LogP contribution is -2.49. The molecule has 0 aliphatic carbocycles. The molecule has 1 atom stereocenters. The molecule has 1 heterocycles. The van der Waals surface area contributed by atoms with Crippen LogP contribution in [0.25, 0.3) is 0 Å². The average molecular weight is 444 g/mol. The average Bonchev–Trinajstić information content (AvgIpc) is 2.65. The number of thioether (sulfide) groups is 1. The third-order valence-electron chi connectivity index (χ3n) is 3.77. The molecule has 0 aromatic rings. The molecule has 2 amide bonds. The van der Waals surface area contributed by atoms with Crippen molar-refractivity contribution in [2.45, 2.75) is 32.8 Å². The zero-order valence-corrected chi connectivity index (χ0v) is 17.4. The third kappa shape index (κ3) is 9.54. The number of carboxylic acid groups (broad SMARTS) is 1. The van der Waals surface area contributed by atoms with Crippen molar-refractivity contribution in [2.75, 3.05) is 25.4 Å². The second-order valence-electron chi connectivity index (χ2n) is 6.93. The van der Waals surface area contributed by atoms with Crippen LogP contribution >= 0.6 is 11.8 Å². The quantitative estimate of drug-likeness (QED) is 0.283. The smallest absolute Gasteiger partial charge is 0.331 e. The van der Waals surface area contributed by atoms with Gasteiger partial charge in [-0.25, -0.2) is 9.59 Å². The lowest BCUT2D eigenvalue weighted by Gasteiger charge is -2.32. The highest BCUT2D eigenvalue weighted by Gasteiger charge is 2.40. The Bertz CT molecular complexity index is 733. The molecule has 0 aromatic carbocycles. The summed E-state index contributed by atoms with van der Waals surface area (Å²) in [6.07, 6.45) is -0.713. The summed E-state index contributed by atoms with van der Waals surface area (Å²) in [5.74, 6) is -3.96. The van der Waals surface area contributed by atoms with Crippen molar-refractivity contribution in [1.29, 1.82) is 0 Å². The summed E-state index contributed by atoms with van der Waals surface area (Å²) < 4.78 is 10.2. The summed E-state index contributed by atoms with van der Waals surface area (Å²) in [6.45, 7) is 2.83. The maximum atomic E-state index is 12.6. The highest BCUT2D eigenvalue weighted by atomic mass is 32.2. The minimum Gasteiger partial charge on any atom is -0.478 e. The van der Waals surface area contributed by atoms with Crippen LogP contribution in [0.2, 0.25) is 0 Å². The van der Waals surface area contributed by atoms with Crippen LogP contribution in [0, 0.1) is 5.41 Å². The van der Waals surface area contributed by atoms with Crippen molar-refractivity contribution in [2.24, 2.45) is 5.41 Å². The number of carbonyl (C=O) groups is 6. The minimum atomic E-state index is -1.43. The maximum absolute atomic E-state index is 12.6. The van der Waals surface area contributed by atoms with Crippen LogP contribution in [0.15, 0.2) is 12.2 Å². The number of carbonyl (C=O) groups excluding carboxylic acids is 5. The molecule has 1 aliphatic heterocycles. The van der Waals surface area contributed by atoms with Crippen molar-refractivity contribution >= 4 is 46.6 Å². The monoisotopic (exact) mass is 444 g/mol. The van der Waals surface area contributed by atoms with Crippen LogP contribution in [0.3, 0.4) is 0 Å². The Labute approximate surface area is 176 Å². The lowest BCUT2D eigenvalue weighted by molar-refractivity contribution is -0.168. The molecule has 3 N–H and O–H groups in total. The molecule has 0 radical (unpaired) electrons. The molecule has 0 aromatic heterocycles. The van der Waals surface area contributed by atoms with Gasteiger partial charge in [0.15, 0.2) is 11.2 Å².